The maximum absolute atomic E-state index is 5.01. The summed E-state index contributed by atoms with van der Waals surface area (Å²) in [6, 6.07) is 0.591. The van der Waals surface area contributed by atoms with E-state index in [2.05, 4.69) is 40.3 Å². The van der Waals surface area contributed by atoms with Gasteiger partial charge in [-0.2, -0.15) is 5.10 Å². The molecular weight excluding hydrogens is 312 g/mol. The van der Waals surface area contributed by atoms with Crippen LogP contribution in [0.5, 0.6) is 0 Å². The van der Waals surface area contributed by atoms with Crippen LogP contribution in [0.4, 0.5) is 0 Å². The molecule has 25 heavy (non-hydrogen) atoms. The van der Waals surface area contributed by atoms with Gasteiger partial charge < -0.3 is 10.2 Å². The second-order valence-electron chi connectivity index (χ2n) is 7.38. The number of rotatable bonds is 6. The summed E-state index contributed by atoms with van der Waals surface area (Å²) in [7, 11) is 1.99. The zero-order valence-corrected chi connectivity index (χ0v) is 16.1. The van der Waals surface area contributed by atoms with Crippen molar-refractivity contribution in [1.29, 1.82) is 0 Å². The lowest BCUT2D eigenvalue weighted by Gasteiger charge is -2.27. The summed E-state index contributed by atoms with van der Waals surface area (Å²) in [6.07, 6.45) is 9.22. The van der Waals surface area contributed by atoms with E-state index in [1.807, 2.05) is 17.9 Å². The highest BCUT2D eigenvalue weighted by molar-refractivity contribution is 5.80. The maximum atomic E-state index is 5.01. The van der Waals surface area contributed by atoms with Crippen LogP contribution in [0.15, 0.2) is 17.4 Å². The fraction of sp³-hybridized carbons (Fsp3) is 0.789. The molecule has 0 bridgehead atoms. The molecule has 2 unspecified atom stereocenters. The maximum Gasteiger partial charge on any atom is 0.193 e. The SMILES string of the molecule is CCNC(=NCC(CC)N1CCCC1)N1CCC(c2cnn(C)c2)C1. The average molecular weight is 347 g/mol. The average Bonchev–Trinajstić information content (AvgIpc) is 3.35. The molecule has 1 aromatic heterocycles. The van der Waals surface area contributed by atoms with E-state index >= 15 is 0 Å². The first-order valence-electron chi connectivity index (χ1n) is 9.97. The van der Waals surface area contributed by atoms with E-state index in [0.717, 1.165) is 32.1 Å². The highest BCUT2D eigenvalue weighted by Gasteiger charge is 2.27. The topological polar surface area (TPSA) is 48.7 Å². The Morgan fingerprint density at radius 1 is 1.32 bits per heavy atom. The smallest absolute Gasteiger partial charge is 0.193 e. The number of aromatic nitrogens is 2. The van der Waals surface area contributed by atoms with Crippen LogP contribution in [-0.2, 0) is 7.05 Å². The van der Waals surface area contributed by atoms with Crippen molar-refractivity contribution in [3.63, 3.8) is 0 Å². The molecule has 3 heterocycles. The van der Waals surface area contributed by atoms with Gasteiger partial charge in [0.25, 0.3) is 0 Å². The Morgan fingerprint density at radius 2 is 2.12 bits per heavy atom. The summed E-state index contributed by atoms with van der Waals surface area (Å²) in [5.74, 6) is 1.66. The van der Waals surface area contributed by atoms with Gasteiger partial charge in [0, 0.05) is 44.8 Å². The van der Waals surface area contributed by atoms with Gasteiger partial charge in [-0.15, -0.1) is 0 Å². The summed E-state index contributed by atoms with van der Waals surface area (Å²) in [5.41, 5.74) is 1.35. The Bertz CT molecular complexity index is 560. The standard InChI is InChI=1S/C19H34N6/c1-4-18(24-9-6-7-10-24)13-21-19(20-5-2)25-11-8-16(15-25)17-12-22-23(3)14-17/h12,14,16,18H,4-11,13,15H2,1-3H3,(H,20,21). The molecule has 0 saturated carbocycles. The number of nitrogens with one attached hydrogen (secondary N) is 1. The molecule has 1 aromatic rings. The Balaban J connectivity index is 1.62. The Hall–Kier alpha value is -1.56. The highest BCUT2D eigenvalue weighted by Crippen LogP contribution is 2.26. The van der Waals surface area contributed by atoms with Gasteiger partial charge in [-0.25, -0.2) is 0 Å². The lowest BCUT2D eigenvalue weighted by Crippen LogP contribution is -2.41. The summed E-state index contributed by atoms with van der Waals surface area (Å²) < 4.78 is 1.90. The molecule has 140 valence electrons. The van der Waals surface area contributed by atoms with Gasteiger partial charge in [-0.1, -0.05) is 6.92 Å². The normalized spacial score (nSPS) is 23.4. The first-order valence-corrected chi connectivity index (χ1v) is 9.97. The summed E-state index contributed by atoms with van der Waals surface area (Å²) in [6.45, 7) is 10.9. The molecule has 6 nitrogen and oxygen atoms in total. The first-order chi connectivity index (χ1) is 12.2. The number of nitrogens with zero attached hydrogens (tertiary/aromatic N) is 5. The third-order valence-corrected chi connectivity index (χ3v) is 5.60. The Kier molecular flexibility index (Phi) is 6.34. The van der Waals surface area contributed by atoms with Crippen LogP contribution in [-0.4, -0.2) is 70.9 Å². The van der Waals surface area contributed by atoms with Gasteiger partial charge in [0.05, 0.1) is 12.7 Å². The Morgan fingerprint density at radius 3 is 2.76 bits per heavy atom. The third kappa shape index (κ3) is 4.54. The van der Waals surface area contributed by atoms with Gasteiger partial charge >= 0.3 is 0 Å². The highest BCUT2D eigenvalue weighted by atomic mass is 15.3. The quantitative estimate of drug-likeness (QED) is 0.633. The fourth-order valence-corrected chi connectivity index (χ4v) is 4.10. The predicted octanol–water partition coefficient (Wildman–Crippen LogP) is 2.05. The number of hydrogen-bond acceptors (Lipinski definition) is 3. The predicted molar refractivity (Wildman–Crippen MR) is 103 cm³/mol. The number of hydrogen-bond donors (Lipinski definition) is 1. The number of guanidine groups is 1. The molecule has 3 rings (SSSR count). The lowest BCUT2D eigenvalue weighted by molar-refractivity contribution is 0.241. The zero-order chi connectivity index (χ0) is 17.6. The number of aryl methyl sites for hydroxylation is 1. The van der Waals surface area contributed by atoms with Crippen molar-refractivity contribution in [1.82, 2.24) is 24.9 Å². The van der Waals surface area contributed by atoms with Crippen LogP contribution >= 0.6 is 0 Å². The lowest BCUT2D eigenvalue weighted by atomic mass is 10.0. The minimum Gasteiger partial charge on any atom is -0.357 e. The molecular formula is C19H34N6. The van der Waals surface area contributed by atoms with Gasteiger partial charge in [0.15, 0.2) is 5.96 Å². The van der Waals surface area contributed by atoms with Crippen molar-refractivity contribution in [2.24, 2.45) is 12.0 Å². The molecule has 2 aliphatic heterocycles. The van der Waals surface area contributed by atoms with E-state index in [1.54, 1.807) is 0 Å². The van der Waals surface area contributed by atoms with Crippen molar-refractivity contribution in [2.75, 3.05) is 39.3 Å². The van der Waals surface area contributed by atoms with Crippen LogP contribution in [0.1, 0.15) is 51.0 Å². The molecule has 0 radical (unpaired) electrons. The summed E-state index contributed by atoms with van der Waals surface area (Å²) in [5, 5.41) is 7.84. The minimum absolute atomic E-state index is 0.568. The van der Waals surface area contributed by atoms with E-state index in [1.165, 1.54) is 44.3 Å². The molecule has 1 N–H and O–H groups in total. The van der Waals surface area contributed by atoms with Crippen molar-refractivity contribution >= 4 is 5.96 Å². The Labute approximate surface area is 152 Å². The number of aliphatic imine (C=N–C) groups is 1. The van der Waals surface area contributed by atoms with E-state index in [4.69, 9.17) is 4.99 Å². The van der Waals surface area contributed by atoms with Crippen molar-refractivity contribution < 1.29 is 0 Å². The summed E-state index contributed by atoms with van der Waals surface area (Å²) >= 11 is 0. The van der Waals surface area contributed by atoms with E-state index in [9.17, 15) is 0 Å². The first kappa shape index (κ1) is 18.2. The van der Waals surface area contributed by atoms with Gasteiger partial charge in [-0.05, 0) is 51.3 Å². The van der Waals surface area contributed by atoms with Crippen LogP contribution in [0.3, 0.4) is 0 Å². The number of likely N-dealkylation sites (tertiary alicyclic amines) is 2. The monoisotopic (exact) mass is 346 g/mol. The van der Waals surface area contributed by atoms with Crippen molar-refractivity contribution in [2.45, 2.75) is 51.5 Å². The van der Waals surface area contributed by atoms with E-state index in [0.29, 0.717) is 12.0 Å². The van der Waals surface area contributed by atoms with Crippen LogP contribution in [0.25, 0.3) is 0 Å². The van der Waals surface area contributed by atoms with Crippen LogP contribution in [0.2, 0.25) is 0 Å². The minimum atomic E-state index is 0.568. The second-order valence-corrected chi connectivity index (χ2v) is 7.38. The van der Waals surface area contributed by atoms with E-state index in [-0.39, 0.29) is 0 Å². The molecule has 0 spiro atoms. The fourth-order valence-electron chi connectivity index (χ4n) is 4.10. The van der Waals surface area contributed by atoms with Gasteiger partial charge in [0.1, 0.15) is 0 Å². The van der Waals surface area contributed by atoms with Gasteiger partial charge in [-0.3, -0.25) is 14.6 Å². The molecule has 6 heteroatoms. The summed E-state index contributed by atoms with van der Waals surface area (Å²) in [4.78, 5) is 10.1. The van der Waals surface area contributed by atoms with E-state index < -0.39 is 0 Å². The van der Waals surface area contributed by atoms with Gasteiger partial charge in [0.2, 0.25) is 0 Å². The molecule has 2 saturated heterocycles. The molecule has 0 amide bonds. The van der Waals surface area contributed by atoms with Crippen molar-refractivity contribution in [3.8, 4) is 0 Å². The zero-order valence-electron chi connectivity index (χ0n) is 16.1. The van der Waals surface area contributed by atoms with Crippen LogP contribution < -0.4 is 5.32 Å². The molecule has 0 aliphatic carbocycles. The third-order valence-electron chi connectivity index (χ3n) is 5.60. The van der Waals surface area contributed by atoms with Crippen LogP contribution in [0, 0.1) is 0 Å². The molecule has 2 aliphatic rings. The van der Waals surface area contributed by atoms with Crippen molar-refractivity contribution in [3.05, 3.63) is 18.0 Å². The largest absolute Gasteiger partial charge is 0.357 e. The molecule has 2 fully saturated rings. The second kappa shape index (κ2) is 8.70. The molecule has 0 aromatic carbocycles. The molecule has 2 atom stereocenters.